The summed E-state index contributed by atoms with van der Waals surface area (Å²) in [7, 11) is -0.339. The number of rotatable bonds is 5. The molecule has 0 saturated heterocycles. The standard InChI is InChI=1S/C8H15N5O3S/c1-13(2)8(14)9-3-4-12-17(15,16)7-5-10-11-6-7/h5-6,12H,3-4H2,1-2H3,(H,9,14)(H,10,11). The van der Waals surface area contributed by atoms with Crippen molar-refractivity contribution in [1.82, 2.24) is 25.1 Å². The van der Waals surface area contributed by atoms with Gasteiger partial charge < -0.3 is 10.2 Å². The second-order valence-corrected chi connectivity index (χ2v) is 5.23. The van der Waals surface area contributed by atoms with Gasteiger partial charge in [-0.25, -0.2) is 17.9 Å². The number of H-pyrrole nitrogens is 1. The second kappa shape index (κ2) is 5.64. The molecule has 3 N–H and O–H groups in total. The molecule has 8 nitrogen and oxygen atoms in total. The van der Waals surface area contributed by atoms with Crippen LogP contribution in [0.4, 0.5) is 4.79 Å². The van der Waals surface area contributed by atoms with Crippen LogP contribution in [-0.4, -0.2) is 56.7 Å². The van der Waals surface area contributed by atoms with Crippen LogP contribution in [0.5, 0.6) is 0 Å². The van der Waals surface area contributed by atoms with Crippen LogP contribution in [0.3, 0.4) is 0 Å². The van der Waals surface area contributed by atoms with Crippen LogP contribution in [-0.2, 0) is 10.0 Å². The lowest BCUT2D eigenvalue weighted by Gasteiger charge is -2.11. The van der Waals surface area contributed by atoms with Gasteiger partial charge in [0.05, 0.1) is 6.20 Å². The molecule has 17 heavy (non-hydrogen) atoms. The zero-order valence-corrected chi connectivity index (χ0v) is 10.4. The van der Waals surface area contributed by atoms with Crippen molar-refractivity contribution in [3.05, 3.63) is 12.4 Å². The van der Waals surface area contributed by atoms with Gasteiger partial charge in [-0.3, -0.25) is 5.10 Å². The summed E-state index contributed by atoms with van der Waals surface area (Å²) in [6.45, 7) is 0.335. The Morgan fingerprint density at radius 1 is 1.47 bits per heavy atom. The van der Waals surface area contributed by atoms with Crippen molar-refractivity contribution in [2.24, 2.45) is 0 Å². The number of aromatic nitrogens is 2. The average molecular weight is 261 g/mol. The van der Waals surface area contributed by atoms with Crippen molar-refractivity contribution in [2.75, 3.05) is 27.2 Å². The number of aromatic amines is 1. The molecule has 0 radical (unpaired) electrons. The van der Waals surface area contributed by atoms with Crippen LogP contribution in [0, 0.1) is 0 Å². The molecule has 0 aliphatic rings. The maximum atomic E-state index is 11.6. The topological polar surface area (TPSA) is 107 Å². The van der Waals surface area contributed by atoms with Gasteiger partial charge in [0, 0.05) is 33.4 Å². The van der Waals surface area contributed by atoms with Crippen molar-refractivity contribution < 1.29 is 13.2 Å². The highest BCUT2D eigenvalue weighted by molar-refractivity contribution is 7.89. The highest BCUT2D eigenvalue weighted by Crippen LogP contribution is 2.02. The smallest absolute Gasteiger partial charge is 0.316 e. The lowest BCUT2D eigenvalue weighted by molar-refractivity contribution is 0.217. The lowest BCUT2D eigenvalue weighted by atomic mass is 10.6. The van der Waals surface area contributed by atoms with E-state index in [1.54, 1.807) is 14.1 Å². The molecular formula is C8H15N5O3S. The summed E-state index contributed by atoms with van der Waals surface area (Å²) in [5, 5.41) is 8.50. The van der Waals surface area contributed by atoms with E-state index in [0.29, 0.717) is 0 Å². The number of urea groups is 1. The molecule has 96 valence electrons. The number of hydrogen-bond donors (Lipinski definition) is 3. The van der Waals surface area contributed by atoms with Crippen molar-refractivity contribution in [1.29, 1.82) is 0 Å². The number of carbonyl (C=O) groups is 1. The van der Waals surface area contributed by atoms with Gasteiger partial charge in [-0.2, -0.15) is 5.10 Å². The molecule has 0 aliphatic heterocycles. The van der Waals surface area contributed by atoms with Gasteiger partial charge in [-0.1, -0.05) is 0 Å². The number of nitrogens with zero attached hydrogens (tertiary/aromatic N) is 2. The van der Waals surface area contributed by atoms with Crippen LogP contribution in [0.25, 0.3) is 0 Å². The zero-order chi connectivity index (χ0) is 12.9. The summed E-state index contributed by atoms with van der Waals surface area (Å²) in [6, 6.07) is -0.271. The Bertz CT molecular complexity index is 454. The predicted octanol–water partition coefficient (Wildman–Crippen LogP) is -1.04. The van der Waals surface area contributed by atoms with E-state index >= 15 is 0 Å². The fourth-order valence-corrected chi connectivity index (χ4v) is 1.92. The second-order valence-electron chi connectivity index (χ2n) is 3.46. The lowest BCUT2D eigenvalue weighted by Crippen LogP contribution is -2.39. The van der Waals surface area contributed by atoms with Crippen LogP contribution >= 0.6 is 0 Å². The van der Waals surface area contributed by atoms with E-state index < -0.39 is 10.0 Å². The van der Waals surface area contributed by atoms with Gasteiger partial charge >= 0.3 is 6.03 Å². The van der Waals surface area contributed by atoms with E-state index in [-0.39, 0.29) is 24.0 Å². The van der Waals surface area contributed by atoms with Crippen molar-refractivity contribution >= 4 is 16.1 Å². The minimum absolute atomic E-state index is 0.0661. The summed E-state index contributed by atoms with van der Waals surface area (Å²) < 4.78 is 25.5. The quantitative estimate of drug-likeness (QED) is 0.588. The van der Waals surface area contributed by atoms with E-state index in [1.165, 1.54) is 17.3 Å². The first-order valence-corrected chi connectivity index (χ1v) is 6.35. The summed E-state index contributed by atoms with van der Waals surface area (Å²) >= 11 is 0. The van der Waals surface area contributed by atoms with E-state index in [0.717, 1.165) is 0 Å². The Morgan fingerprint density at radius 2 is 2.18 bits per heavy atom. The normalized spacial score (nSPS) is 11.2. The largest absolute Gasteiger partial charge is 0.337 e. The third-order valence-electron chi connectivity index (χ3n) is 1.88. The highest BCUT2D eigenvalue weighted by Gasteiger charge is 2.14. The summed E-state index contributed by atoms with van der Waals surface area (Å²) in [5.74, 6) is 0. The van der Waals surface area contributed by atoms with Gasteiger partial charge in [0.25, 0.3) is 0 Å². The Balaban J connectivity index is 2.35. The molecule has 1 rings (SSSR count). The number of amides is 2. The fourth-order valence-electron chi connectivity index (χ4n) is 0.982. The first-order valence-electron chi connectivity index (χ1n) is 4.87. The molecule has 2 amide bonds. The molecule has 0 aliphatic carbocycles. The Labute approximate surface area is 99.4 Å². The van der Waals surface area contributed by atoms with Crippen molar-refractivity contribution in [3.8, 4) is 0 Å². The van der Waals surface area contributed by atoms with Gasteiger partial charge in [0.1, 0.15) is 4.90 Å². The van der Waals surface area contributed by atoms with Crippen LogP contribution in [0.1, 0.15) is 0 Å². The SMILES string of the molecule is CN(C)C(=O)NCCNS(=O)(=O)c1cn[nH]c1. The first kappa shape index (κ1) is 13.5. The molecule has 0 atom stereocenters. The summed E-state index contributed by atoms with van der Waals surface area (Å²) in [6.07, 6.45) is 2.49. The molecule has 0 saturated carbocycles. The predicted molar refractivity (Wildman–Crippen MR) is 60.9 cm³/mol. The van der Waals surface area contributed by atoms with E-state index in [4.69, 9.17) is 0 Å². The molecule has 0 bridgehead atoms. The molecule has 1 heterocycles. The average Bonchev–Trinajstić information content (AvgIpc) is 2.77. The Morgan fingerprint density at radius 3 is 2.71 bits per heavy atom. The van der Waals surface area contributed by atoms with Crippen molar-refractivity contribution in [2.45, 2.75) is 4.90 Å². The maximum absolute atomic E-state index is 11.6. The summed E-state index contributed by atoms with van der Waals surface area (Å²) in [4.78, 5) is 12.6. The van der Waals surface area contributed by atoms with Gasteiger partial charge in [0.15, 0.2) is 0 Å². The molecule has 0 spiro atoms. The molecule has 0 unspecified atom stereocenters. The van der Waals surface area contributed by atoms with Gasteiger partial charge in [-0.05, 0) is 0 Å². The third-order valence-corrected chi connectivity index (χ3v) is 3.31. The van der Waals surface area contributed by atoms with E-state index in [1.807, 2.05) is 0 Å². The fraction of sp³-hybridized carbons (Fsp3) is 0.500. The number of hydrogen-bond acceptors (Lipinski definition) is 4. The first-order chi connectivity index (χ1) is 7.93. The zero-order valence-electron chi connectivity index (χ0n) is 9.60. The molecule has 0 fully saturated rings. The molecular weight excluding hydrogens is 246 g/mol. The van der Waals surface area contributed by atoms with Crippen LogP contribution < -0.4 is 10.0 Å². The Kier molecular flexibility index (Phi) is 4.46. The van der Waals surface area contributed by atoms with Crippen LogP contribution in [0.15, 0.2) is 17.3 Å². The maximum Gasteiger partial charge on any atom is 0.316 e. The van der Waals surface area contributed by atoms with E-state index in [2.05, 4.69) is 20.2 Å². The summed E-state index contributed by atoms with van der Waals surface area (Å²) in [5.41, 5.74) is 0. The molecule has 0 aromatic carbocycles. The van der Waals surface area contributed by atoms with Crippen molar-refractivity contribution in [3.63, 3.8) is 0 Å². The molecule has 1 aromatic heterocycles. The number of carbonyl (C=O) groups excluding carboxylic acids is 1. The van der Waals surface area contributed by atoms with Gasteiger partial charge in [-0.15, -0.1) is 0 Å². The van der Waals surface area contributed by atoms with Gasteiger partial charge in [0.2, 0.25) is 10.0 Å². The third kappa shape index (κ3) is 4.04. The minimum Gasteiger partial charge on any atom is -0.337 e. The highest BCUT2D eigenvalue weighted by atomic mass is 32.2. The minimum atomic E-state index is -3.54. The van der Waals surface area contributed by atoms with E-state index in [9.17, 15) is 13.2 Å². The molecule has 9 heteroatoms. The Hall–Kier alpha value is -1.61. The number of sulfonamides is 1. The molecule has 1 aromatic rings. The monoisotopic (exact) mass is 261 g/mol. The van der Waals surface area contributed by atoms with Crippen LogP contribution in [0.2, 0.25) is 0 Å². The number of nitrogens with one attached hydrogen (secondary N) is 3.